The molecule has 0 spiro atoms. The molecule has 1 N–H and O–H groups in total. The Kier molecular flexibility index (Phi) is 4.32. The van der Waals surface area contributed by atoms with Crippen LogP contribution in [0.1, 0.15) is 34.8 Å². The van der Waals surface area contributed by atoms with E-state index in [1.807, 2.05) is 22.7 Å². The summed E-state index contributed by atoms with van der Waals surface area (Å²) in [4.78, 5) is 14.7. The largest absolute Gasteiger partial charge is 0.337 e. The minimum atomic E-state index is 0.206. The molecule has 1 fully saturated rings. The van der Waals surface area contributed by atoms with E-state index in [9.17, 15) is 4.79 Å². The molecule has 2 aliphatic rings. The van der Waals surface area contributed by atoms with Gasteiger partial charge in [-0.3, -0.25) is 4.79 Å². The number of benzene rings is 1. The Morgan fingerprint density at radius 3 is 3.20 bits per heavy atom. The summed E-state index contributed by atoms with van der Waals surface area (Å²) in [5.41, 5.74) is 3.54. The minimum Gasteiger partial charge on any atom is -0.337 e. The quantitative estimate of drug-likeness (QED) is 0.907. The standard InChI is InChI=1S/C16H22N2OS/c1-2-15-11-18(7-8-20-15)16(19)13-4-3-12-5-6-17-10-14(12)9-13/h3-4,9,15,17H,2,5-8,10-11H2,1H3. The molecule has 0 aliphatic carbocycles. The molecule has 1 aromatic carbocycles. The van der Waals surface area contributed by atoms with Crippen molar-refractivity contribution in [2.75, 3.05) is 25.4 Å². The number of fused-ring (bicyclic) bond motifs is 1. The first kappa shape index (κ1) is 14.0. The lowest BCUT2D eigenvalue weighted by atomic mass is 9.98. The minimum absolute atomic E-state index is 0.206. The second-order valence-corrected chi connectivity index (χ2v) is 6.97. The molecule has 1 amide bonds. The average molecular weight is 290 g/mol. The van der Waals surface area contributed by atoms with Crippen molar-refractivity contribution in [2.45, 2.75) is 31.6 Å². The van der Waals surface area contributed by atoms with E-state index in [1.165, 1.54) is 11.1 Å². The number of nitrogens with zero attached hydrogens (tertiary/aromatic N) is 1. The van der Waals surface area contributed by atoms with Gasteiger partial charge in [0.25, 0.3) is 5.91 Å². The van der Waals surface area contributed by atoms with Crippen LogP contribution in [0.5, 0.6) is 0 Å². The van der Waals surface area contributed by atoms with Crippen molar-refractivity contribution < 1.29 is 4.79 Å². The Morgan fingerprint density at radius 2 is 2.35 bits per heavy atom. The molecule has 20 heavy (non-hydrogen) atoms. The van der Waals surface area contributed by atoms with Crippen LogP contribution in [0.2, 0.25) is 0 Å². The third kappa shape index (κ3) is 2.86. The lowest BCUT2D eigenvalue weighted by Gasteiger charge is -2.32. The average Bonchev–Trinajstić information content (AvgIpc) is 2.53. The highest BCUT2D eigenvalue weighted by atomic mass is 32.2. The topological polar surface area (TPSA) is 32.3 Å². The molecule has 0 radical (unpaired) electrons. The first-order chi connectivity index (χ1) is 9.78. The van der Waals surface area contributed by atoms with Gasteiger partial charge < -0.3 is 10.2 Å². The molecule has 1 saturated heterocycles. The van der Waals surface area contributed by atoms with E-state index in [-0.39, 0.29) is 5.91 Å². The van der Waals surface area contributed by atoms with Crippen LogP contribution in [-0.2, 0) is 13.0 Å². The number of amides is 1. The predicted molar refractivity (Wildman–Crippen MR) is 84.3 cm³/mol. The molecule has 2 aliphatic heterocycles. The molecule has 2 heterocycles. The monoisotopic (exact) mass is 290 g/mol. The van der Waals surface area contributed by atoms with Crippen molar-refractivity contribution in [1.29, 1.82) is 0 Å². The number of carbonyl (C=O) groups excluding carboxylic acids is 1. The Balaban J connectivity index is 1.76. The van der Waals surface area contributed by atoms with Crippen LogP contribution < -0.4 is 5.32 Å². The van der Waals surface area contributed by atoms with Gasteiger partial charge in [0.1, 0.15) is 0 Å². The van der Waals surface area contributed by atoms with Gasteiger partial charge in [-0.2, -0.15) is 11.8 Å². The highest BCUT2D eigenvalue weighted by Gasteiger charge is 2.24. The lowest BCUT2D eigenvalue weighted by Crippen LogP contribution is -2.41. The molecule has 108 valence electrons. The molecule has 1 atom stereocenters. The van der Waals surface area contributed by atoms with Crippen LogP contribution in [-0.4, -0.2) is 41.4 Å². The predicted octanol–water partition coefficient (Wildman–Crippen LogP) is 2.30. The summed E-state index contributed by atoms with van der Waals surface area (Å²) >= 11 is 2.00. The molecule has 4 heteroatoms. The van der Waals surface area contributed by atoms with Crippen molar-refractivity contribution in [2.24, 2.45) is 0 Å². The van der Waals surface area contributed by atoms with E-state index in [0.29, 0.717) is 5.25 Å². The maximum absolute atomic E-state index is 12.6. The van der Waals surface area contributed by atoms with Crippen LogP contribution in [0.3, 0.4) is 0 Å². The molecule has 1 unspecified atom stereocenters. The number of hydrogen-bond acceptors (Lipinski definition) is 3. The first-order valence-electron chi connectivity index (χ1n) is 7.51. The van der Waals surface area contributed by atoms with E-state index < -0.39 is 0 Å². The summed E-state index contributed by atoms with van der Waals surface area (Å²) in [7, 11) is 0. The van der Waals surface area contributed by atoms with Gasteiger partial charge >= 0.3 is 0 Å². The summed E-state index contributed by atoms with van der Waals surface area (Å²) in [5, 5.41) is 3.98. The van der Waals surface area contributed by atoms with E-state index in [4.69, 9.17) is 0 Å². The second-order valence-electron chi connectivity index (χ2n) is 5.56. The third-order valence-electron chi connectivity index (χ3n) is 4.22. The SMILES string of the molecule is CCC1CN(C(=O)c2ccc3c(c2)CNCC3)CCS1. The Bertz CT molecular complexity index is 503. The van der Waals surface area contributed by atoms with Gasteiger partial charge in [0.05, 0.1) is 0 Å². The number of hydrogen-bond donors (Lipinski definition) is 1. The van der Waals surface area contributed by atoms with Crippen molar-refractivity contribution in [1.82, 2.24) is 10.2 Å². The maximum atomic E-state index is 12.6. The van der Waals surface area contributed by atoms with Gasteiger partial charge in [-0.15, -0.1) is 0 Å². The van der Waals surface area contributed by atoms with Crippen molar-refractivity contribution in [3.63, 3.8) is 0 Å². The maximum Gasteiger partial charge on any atom is 0.253 e. The van der Waals surface area contributed by atoms with E-state index >= 15 is 0 Å². The zero-order chi connectivity index (χ0) is 13.9. The van der Waals surface area contributed by atoms with E-state index in [1.54, 1.807) is 0 Å². The number of carbonyl (C=O) groups is 1. The zero-order valence-electron chi connectivity index (χ0n) is 12.0. The normalized spacial score (nSPS) is 22.4. The lowest BCUT2D eigenvalue weighted by molar-refractivity contribution is 0.0761. The van der Waals surface area contributed by atoms with Gasteiger partial charge in [-0.1, -0.05) is 13.0 Å². The molecule has 3 nitrogen and oxygen atoms in total. The fourth-order valence-corrected chi connectivity index (χ4v) is 4.13. The van der Waals surface area contributed by atoms with Crippen LogP contribution in [0.15, 0.2) is 18.2 Å². The van der Waals surface area contributed by atoms with Crippen LogP contribution >= 0.6 is 11.8 Å². The molecule has 0 aromatic heterocycles. The first-order valence-corrected chi connectivity index (χ1v) is 8.56. The molecule has 0 bridgehead atoms. The van der Waals surface area contributed by atoms with Gasteiger partial charge in [-0.05, 0) is 42.6 Å². The Hall–Kier alpha value is -1.00. The summed E-state index contributed by atoms with van der Waals surface area (Å²) in [5.74, 6) is 1.27. The van der Waals surface area contributed by atoms with E-state index in [0.717, 1.165) is 50.3 Å². The van der Waals surface area contributed by atoms with Crippen LogP contribution in [0.25, 0.3) is 0 Å². The summed E-state index contributed by atoms with van der Waals surface area (Å²) in [6.07, 6.45) is 2.21. The summed E-state index contributed by atoms with van der Waals surface area (Å²) < 4.78 is 0. The summed E-state index contributed by atoms with van der Waals surface area (Å²) in [6.45, 7) is 5.92. The fourth-order valence-electron chi connectivity index (χ4n) is 2.95. The molecular weight excluding hydrogens is 268 g/mol. The Labute approximate surface area is 125 Å². The molecular formula is C16H22N2OS. The zero-order valence-corrected chi connectivity index (χ0v) is 12.8. The van der Waals surface area contributed by atoms with Crippen molar-refractivity contribution in [3.05, 3.63) is 34.9 Å². The van der Waals surface area contributed by atoms with Crippen molar-refractivity contribution in [3.8, 4) is 0 Å². The Morgan fingerprint density at radius 1 is 1.45 bits per heavy atom. The van der Waals surface area contributed by atoms with Crippen LogP contribution in [0, 0.1) is 0 Å². The van der Waals surface area contributed by atoms with Gasteiger partial charge in [0, 0.05) is 36.2 Å². The van der Waals surface area contributed by atoms with Gasteiger partial charge in [-0.25, -0.2) is 0 Å². The van der Waals surface area contributed by atoms with Gasteiger partial charge in [0.15, 0.2) is 0 Å². The number of nitrogens with one attached hydrogen (secondary N) is 1. The third-order valence-corrected chi connectivity index (χ3v) is 5.59. The van der Waals surface area contributed by atoms with Crippen LogP contribution in [0.4, 0.5) is 0 Å². The van der Waals surface area contributed by atoms with Gasteiger partial charge in [0.2, 0.25) is 0 Å². The number of thioether (sulfide) groups is 1. The highest BCUT2D eigenvalue weighted by Crippen LogP contribution is 2.23. The molecule has 1 aromatic rings. The smallest absolute Gasteiger partial charge is 0.253 e. The van der Waals surface area contributed by atoms with Crippen molar-refractivity contribution >= 4 is 17.7 Å². The summed E-state index contributed by atoms with van der Waals surface area (Å²) in [6, 6.07) is 6.24. The fraction of sp³-hybridized carbons (Fsp3) is 0.562. The molecule has 3 rings (SSSR count). The number of rotatable bonds is 2. The van der Waals surface area contributed by atoms with E-state index in [2.05, 4.69) is 24.4 Å². The molecule has 0 saturated carbocycles. The second kappa shape index (κ2) is 6.19. The highest BCUT2D eigenvalue weighted by molar-refractivity contribution is 8.00.